The third-order valence-electron chi connectivity index (χ3n) is 26.6. The lowest BCUT2D eigenvalue weighted by Crippen LogP contribution is -2.60. The van der Waals surface area contributed by atoms with Crippen LogP contribution in [-0.2, 0) is 123 Å². The molecule has 0 unspecified atom stereocenters. The Morgan fingerprint density at radius 1 is 0.517 bits per heavy atom. The van der Waals surface area contributed by atoms with Gasteiger partial charge in [0.2, 0.25) is 88.6 Å². The van der Waals surface area contributed by atoms with Gasteiger partial charge in [-0.3, -0.25) is 86.3 Å². The van der Waals surface area contributed by atoms with Crippen molar-refractivity contribution in [1.82, 2.24) is 92.3 Å². The van der Waals surface area contributed by atoms with Crippen LogP contribution in [0.3, 0.4) is 0 Å². The molecule has 0 bridgehead atoms. The van der Waals surface area contributed by atoms with Crippen LogP contribution >= 0.6 is 11.8 Å². The van der Waals surface area contributed by atoms with E-state index in [1.165, 1.54) is 74.7 Å². The number of carbonyl (C=O) groups is 18. The number of phenolic OH excluding ortho intramolecular Hbond substituents is 1. The van der Waals surface area contributed by atoms with Crippen molar-refractivity contribution in [2.75, 3.05) is 65.4 Å². The van der Waals surface area contributed by atoms with Crippen molar-refractivity contribution in [3.05, 3.63) is 156 Å². The number of rotatable bonds is 33. The Kier molecular flexibility index (Phi) is 43.3. The molecule has 3 aliphatic heterocycles. The van der Waals surface area contributed by atoms with Crippen LogP contribution < -0.4 is 65.1 Å². The number of carbonyl (C=O) groups excluding carboxylic acids is 16. The summed E-state index contributed by atoms with van der Waals surface area (Å²) in [7, 11) is 3.89. The third-order valence-corrected chi connectivity index (χ3v) is 27.6. The number of imidazole rings is 1. The van der Waals surface area contributed by atoms with Crippen molar-refractivity contribution < 1.29 is 106 Å². The number of benzene rings is 4. The molecule has 44 heteroatoms. The standard InChI is InChI=1S/C101H137N21O22S/c1-7-9-31-80-95(137)112-73(38-39-87(127)128)93(135)117-79(91(133)108-53-85(104)125)56-145-57-86(126)110-76(43-60-34-36-66(123)37-35-60)97(139)118(4)59(3)89(131)115-78(49-88(129)130)100(142)121-42-22-33-81(121)96(138)114-75(47-65-52-105-58-109-65)94(136)113-74(30-19-21-41-103)99(141)122-54-67(144-55-61-23-12-11-13-24-61)48-83(122)84(124)46-62(44-63-50-106-70-27-16-14-25-68(63)70)90(132)111-72(29-18-20-40-102)92(134)116-77(45-64-51-107-71-28-17-15-26-69(64)71)98(140)120(6)82(32-10-8-2)101(143)119(80)5/h11-17,23-28,34-37,50-52,58-59,62,67,72-83,106-107,123H,7-10,18-22,29-33,38-49,53-57,102-103H2,1-6H3,(H2,104,125)(H,105,109)(H,108,133)(H,110,126)(H,111,132)(H,112,137)(H,113,136)(H,114,138)(H,115,131)(H,116,134)(H,117,135)(H,127,128)(H,129,130)/t59-,62+,67+,72-,73-,74-,75-,76-,77-,78-,79-,80-,81-,82-,83-/m0/s1. The van der Waals surface area contributed by atoms with Crippen LogP contribution in [0.5, 0.6) is 5.75 Å². The molecule has 784 valence electrons. The number of ether oxygens (including phenoxy) is 1. The lowest BCUT2D eigenvalue weighted by molar-refractivity contribution is -0.149. The molecular weight excluding hydrogens is 1890 g/mol. The highest BCUT2D eigenvalue weighted by Gasteiger charge is 2.47. The minimum absolute atomic E-state index is 0.0121. The lowest BCUT2D eigenvalue weighted by Gasteiger charge is -2.36. The van der Waals surface area contributed by atoms with Gasteiger partial charge in [-0.15, -0.1) is 11.8 Å². The summed E-state index contributed by atoms with van der Waals surface area (Å²) < 4.78 is 6.55. The minimum Gasteiger partial charge on any atom is -0.508 e. The second kappa shape index (κ2) is 55.6. The number of aromatic hydroxyl groups is 1. The first-order valence-corrected chi connectivity index (χ1v) is 50.5. The van der Waals surface area contributed by atoms with Crippen molar-refractivity contribution >= 4 is 140 Å². The highest BCUT2D eigenvalue weighted by Crippen LogP contribution is 2.32. The molecule has 0 spiro atoms. The van der Waals surface area contributed by atoms with Gasteiger partial charge >= 0.3 is 11.9 Å². The Balaban J connectivity index is 1.06. The van der Waals surface area contributed by atoms with Crippen LogP contribution in [0.15, 0.2) is 128 Å². The van der Waals surface area contributed by atoms with E-state index in [-0.39, 0.29) is 134 Å². The highest BCUT2D eigenvalue weighted by atomic mass is 32.2. The van der Waals surface area contributed by atoms with Crippen molar-refractivity contribution in [2.45, 2.75) is 260 Å². The van der Waals surface area contributed by atoms with E-state index in [0.29, 0.717) is 82.4 Å². The fourth-order valence-electron chi connectivity index (χ4n) is 18.3. The number of phenols is 1. The number of nitrogens with zero attached hydrogens (tertiary/aromatic N) is 6. The largest absolute Gasteiger partial charge is 0.508 e. The summed E-state index contributed by atoms with van der Waals surface area (Å²) in [5.41, 5.74) is 21.5. The van der Waals surface area contributed by atoms with Gasteiger partial charge < -0.3 is 125 Å². The summed E-state index contributed by atoms with van der Waals surface area (Å²) in [6, 6.07) is 8.84. The van der Waals surface area contributed by atoms with Crippen molar-refractivity contribution in [1.29, 1.82) is 0 Å². The summed E-state index contributed by atoms with van der Waals surface area (Å²) in [5.74, 6) is -20.2. The molecule has 6 heterocycles. The van der Waals surface area contributed by atoms with Gasteiger partial charge in [-0.1, -0.05) is 118 Å². The Labute approximate surface area is 844 Å². The molecular formula is C101H137N21O22S. The molecule has 3 fully saturated rings. The van der Waals surface area contributed by atoms with Gasteiger partial charge in [-0.05, 0) is 144 Å². The van der Waals surface area contributed by atoms with E-state index in [1.54, 1.807) is 30.6 Å². The number of carboxylic acids is 2. The molecule has 0 radical (unpaired) electrons. The van der Waals surface area contributed by atoms with E-state index in [1.807, 2.05) is 74.5 Å². The van der Waals surface area contributed by atoms with Crippen LogP contribution in [0.25, 0.3) is 21.8 Å². The fraction of sp³-hybridized carbons (Fsp3) is 0.515. The van der Waals surface area contributed by atoms with E-state index in [9.17, 15) is 53.7 Å². The zero-order valence-corrected chi connectivity index (χ0v) is 83.4. The van der Waals surface area contributed by atoms with Gasteiger partial charge in [0.1, 0.15) is 78.3 Å². The average Bonchev–Trinajstić information content (AvgIpc) is 1.69. The SMILES string of the molecule is CCCC[C@H]1C(=O)N(C)[C@@H](CCCC)C(=O)N[C@@H](CCC(=O)O)C(=O)N[C@H](C(=O)NCC(N)=O)CSCC(=O)N[C@@H](Cc2ccc(O)cc2)C(=O)N(C)[C@@H](C)C(=O)N[C@@H](CC(=O)O)C(=O)N2CCC[C@H]2C(=O)N[C@@H](Cc2c[nH]cn2)C(=O)N[C@@H](CCCCN)C(=O)N2C[C@H](OCc3ccccc3)C[C@H]2C(=O)C[C@@H](Cc2c[nH]c3ccccc23)C(=O)N[C@@H](CCCCN)C(=O)N[C@@H](Cc2c[nH]c3ccccc23)C(=O)N1C. The molecule has 145 heavy (non-hydrogen) atoms. The number of aromatic nitrogens is 4. The molecule has 4 aromatic carbocycles. The Hall–Kier alpha value is -14.1. The van der Waals surface area contributed by atoms with Crippen LogP contribution in [0.4, 0.5) is 0 Å². The average molecular weight is 2030 g/mol. The minimum atomic E-state index is -1.92. The third kappa shape index (κ3) is 32.4. The molecule has 0 aliphatic carbocycles. The second-order valence-corrected chi connectivity index (χ2v) is 38.2. The highest BCUT2D eigenvalue weighted by molar-refractivity contribution is 8.00. The van der Waals surface area contributed by atoms with Gasteiger partial charge in [0.05, 0.1) is 49.5 Å². The Morgan fingerprint density at radius 3 is 1.70 bits per heavy atom. The normalized spacial score (nSPS) is 23.9. The number of thioether (sulfide) groups is 1. The summed E-state index contributed by atoms with van der Waals surface area (Å²) in [5, 5.41) is 56.2. The Morgan fingerprint density at radius 2 is 1.08 bits per heavy atom. The maximum atomic E-state index is 16.1. The first-order chi connectivity index (χ1) is 69.5. The van der Waals surface area contributed by atoms with Gasteiger partial charge in [0.25, 0.3) is 0 Å². The molecule has 15 atom stereocenters. The summed E-state index contributed by atoms with van der Waals surface area (Å²) in [6.45, 7) is 4.11. The Bertz CT molecular complexity index is 5650. The van der Waals surface area contributed by atoms with Crippen LogP contribution in [-0.4, -0.2) is 316 Å². The number of aromatic amines is 3. The molecule has 3 saturated heterocycles. The fourth-order valence-corrected chi connectivity index (χ4v) is 19.1. The van der Waals surface area contributed by atoms with Gasteiger partial charge in [-0.25, -0.2) is 4.98 Å². The molecule has 0 saturated carbocycles. The number of nitrogens with one attached hydrogen (secondary N) is 12. The summed E-state index contributed by atoms with van der Waals surface area (Å²) >= 11 is 0.709. The molecule has 21 N–H and O–H groups in total. The number of primary amides is 1. The van der Waals surface area contributed by atoms with Crippen molar-refractivity contribution in [2.24, 2.45) is 23.1 Å². The number of carboxylic acid groups (broad SMARTS) is 2. The number of nitrogens with two attached hydrogens (primary N) is 3. The molecule has 3 aromatic heterocycles. The summed E-state index contributed by atoms with van der Waals surface area (Å²) in [6.07, 6.45) is 3.82. The van der Waals surface area contributed by atoms with Crippen LogP contribution in [0.2, 0.25) is 0 Å². The van der Waals surface area contributed by atoms with Crippen LogP contribution in [0, 0.1) is 5.92 Å². The maximum absolute atomic E-state index is 16.1. The number of aliphatic carboxylic acids is 2. The number of likely N-dealkylation sites (N-methyl/N-ethyl adjacent to an activating group) is 3. The van der Waals surface area contributed by atoms with E-state index < -0.39 is 241 Å². The maximum Gasteiger partial charge on any atom is 0.305 e. The van der Waals surface area contributed by atoms with E-state index in [4.69, 9.17) is 21.9 Å². The molecule has 3 aliphatic rings. The van der Waals surface area contributed by atoms with E-state index in [0.717, 1.165) is 20.3 Å². The molecule has 7 aromatic rings. The lowest BCUT2D eigenvalue weighted by atomic mass is 9.89. The van der Waals surface area contributed by atoms with Crippen molar-refractivity contribution in [3.8, 4) is 5.75 Å². The number of hydrogen-bond acceptors (Lipinski definition) is 24. The number of hydrogen-bond donors (Lipinski definition) is 18. The van der Waals surface area contributed by atoms with Gasteiger partial charge in [-0.2, -0.15) is 0 Å². The first-order valence-electron chi connectivity index (χ1n) is 49.3. The number of H-pyrrole nitrogens is 3. The number of amides is 15. The van der Waals surface area contributed by atoms with E-state index in [2.05, 4.69) is 67.8 Å². The summed E-state index contributed by atoms with van der Waals surface area (Å²) in [4.78, 5) is 286. The molecule has 10 rings (SSSR count). The topological polar surface area (TPSA) is 640 Å². The second-order valence-electron chi connectivity index (χ2n) is 37.2. The van der Waals surface area contributed by atoms with E-state index >= 15 is 47.9 Å². The van der Waals surface area contributed by atoms with Crippen LogP contribution in [0.1, 0.15) is 171 Å². The molecule has 15 amide bonds. The molecule has 43 nitrogen and oxygen atoms in total. The quantitative estimate of drug-likeness (QED) is 0.0261. The number of Topliss-reactive ketones (excluding diaryl/α,β-unsaturated/α-hetero) is 1. The zero-order valence-electron chi connectivity index (χ0n) is 82.6. The number of unbranched alkanes of at least 4 members (excludes halogenated alkanes) is 4. The predicted molar refractivity (Wildman–Crippen MR) is 535 cm³/mol. The zero-order chi connectivity index (χ0) is 105. The van der Waals surface area contributed by atoms with Gasteiger partial charge in [0.15, 0.2) is 5.78 Å². The smallest absolute Gasteiger partial charge is 0.305 e. The number of fused-ring (bicyclic) bond motifs is 4. The van der Waals surface area contributed by atoms with Gasteiger partial charge in [0, 0.05) is 125 Å². The monoisotopic (exact) mass is 2030 g/mol. The predicted octanol–water partition coefficient (Wildman–Crippen LogP) is 1.81. The number of para-hydroxylation sites is 2. The first kappa shape index (κ1) is 113. The van der Waals surface area contributed by atoms with Crippen molar-refractivity contribution in [3.63, 3.8) is 0 Å². The number of ketones is 1.